The van der Waals surface area contributed by atoms with Crippen molar-refractivity contribution in [1.29, 1.82) is 0 Å². The molecule has 2 aromatic rings. The van der Waals surface area contributed by atoms with E-state index in [1.807, 2.05) is 30.3 Å². The molecule has 0 atom stereocenters. The lowest BCUT2D eigenvalue weighted by molar-refractivity contribution is 0.0698. The molecule has 2 aromatic carbocycles. The van der Waals surface area contributed by atoms with Crippen LogP contribution in [0.15, 0.2) is 59.5 Å². The highest BCUT2D eigenvalue weighted by Gasteiger charge is 2.26. The third-order valence-corrected chi connectivity index (χ3v) is 7.74. The van der Waals surface area contributed by atoms with Gasteiger partial charge < -0.3 is 4.90 Å². The summed E-state index contributed by atoms with van der Waals surface area (Å²) in [6, 6.07) is 15.4. The van der Waals surface area contributed by atoms with E-state index in [4.69, 9.17) is 0 Å². The maximum atomic E-state index is 12.6. The molecule has 0 radical (unpaired) electrons. The molecule has 1 fully saturated rings. The summed E-state index contributed by atoms with van der Waals surface area (Å²) in [6.45, 7) is 1.38. The second-order valence-corrected chi connectivity index (χ2v) is 10.9. The molecule has 30 heavy (non-hydrogen) atoms. The second-order valence-electron chi connectivity index (χ2n) is 7.11. The molecule has 1 aliphatic heterocycles. The van der Waals surface area contributed by atoms with E-state index < -0.39 is 20.0 Å². The Bertz CT molecular complexity index is 1080. The third kappa shape index (κ3) is 5.66. The predicted molar refractivity (Wildman–Crippen MR) is 114 cm³/mol. The van der Waals surface area contributed by atoms with Gasteiger partial charge >= 0.3 is 0 Å². The molecule has 8 nitrogen and oxygen atoms in total. The molecular weight excluding hydrogens is 426 g/mol. The fourth-order valence-corrected chi connectivity index (χ4v) is 5.10. The summed E-state index contributed by atoms with van der Waals surface area (Å²) in [5.41, 5.74) is 1.41. The minimum absolute atomic E-state index is 0.0917. The first-order chi connectivity index (χ1) is 14.2. The van der Waals surface area contributed by atoms with Gasteiger partial charge in [-0.25, -0.2) is 21.6 Å². The third-order valence-electron chi connectivity index (χ3n) is 4.96. The summed E-state index contributed by atoms with van der Waals surface area (Å²) in [6.07, 6.45) is 1.73. The molecule has 0 spiro atoms. The molecule has 1 N–H and O–H groups in total. The van der Waals surface area contributed by atoms with Crippen LogP contribution in [0.25, 0.3) is 0 Å². The van der Waals surface area contributed by atoms with Crippen LogP contribution in [-0.4, -0.2) is 70.9 Å². The number of hydrogen-bond donors (Lipinski definition) is 1. The van der Waals surface area contributed by atoms with Crippen LogP contribution in [0.4, 0.5) is 0 Å². The van der Waals surface area contributed by atoms with Crippen LogP contribution in [0, 0.1) is 0 Å². The minimum atomic E-state index is -3.67. The summed E-state index contributed by atoms with van der Waals surface area (Å²) < 4.78 is 52.0. The zero-order valence-corrected chi connectivity index (χ0v) is 18.3. The van der Waals surface area contributed by atoms with Crippen molar-refractivity contribution >= 4 is 26.0 Å². The van der Waals surface area contributed by atoms with Crippen LogP contribution in [0.1, 0.15) is 15.9 Å². The number of sulfonamides is 2. The van der Waals surface area contributed by atoms with Gasteiger partial charge in [0.1, 0.15) is 0 Å². The molecule has 1 aliphatic rings. The molecule has 0 unspecified atom stereocenters. The summed E-state index contributed by atoms with van der Waals surface area (Å²) in [5, 5.41) is 0. The lowest BCUT2D eigenvalue weighted by Crippen LogP contribution is -2.50. The van der Waals surface area contributed by atoms with Gasteiger partial charge in [-0.1, -0.05) is 30.3 Å². The van der Waals surface area contributed by atoms with Gasteiger partial charge in [-0.15, -0.1) is 0 Å². The van der Waals surface area contributed by atoms with Crippen LogP contribution < -0.4 is 4.72 Å². The minimum Gasteiger partial charge on any atom is -0.336 e. The molecule has 3 rings (SSSR count). The van der Waals surface area contributed by atoms with Gasteiger partial charge in [-0.05, 0) is 36.2 Å². The van der Waals surface area contributed by atoms with Crippen molar-refractivity contribution in [2.24, 2.45) is 0 Å². The van der Waals surface area contributed by atoms with E-state index in [0.717, 1.165) is 11.8 Å². The Morgan fingerprint density at radius 3 is 2.07 bits per heavy atom. The van der Waals surface area contributed by atoms with Gasteiger partial charge in [0.05, 0.1) is 11.2 Å². The summed E-state index contributed by atoms with van der Waals surface area (Å²) in [5.74, 6) is -0.246. The van der Waals surface area contributed by atoms with E-state index in [0.29, 0.717) is 25.1 Å². The average Bonchev–Trinajstić information content (AvgIpc) is 2.73. The van der Waals surface area contributed by atoms with E-state index in [1.165, 1.54) is 28.6 Å². The molecule has 162 valence electrons. The van der Waals surface area contributed by atoms with Crippen LogP contribution in [0.3, 0.4) is 0 Å². The number of nitrogens with zero attached hydrogens (tertiary/aromatic N) is 2. The SMILES string of the molecule is CS(=O)(=O)N1CCN(C(=O)c2ccc(S(=O)(=O)NCCc3ccccc3)cc2)CC1. The first-order valence-electron chi connectivity index (χ1n) is 9.55. The molecule has 1 heterocycles. The van der Waals surface area contributed by atoms with Crippen LogP contribution in [-0.2, 0) is 26.5 Å². The molecule has 0 saturated carbocycles. The van der Waals surface area contributed by atoms with Gasteiger partial charge in [0.25, 0.3) is 5.91 Å². The number of carbonyl (C=O) groups excluding carboxylic acids is 1. The van der Waals surface area contributed by atoms with Gasteiger partial charge in [0.2, 0.25) is 20.0 Å². The van der Waals surface area contributed by atoms with Crippen LogP contribution in [0.5, 0.6) is 0 Å². The zero-order chi connectivity index (χ0) is 21.8. The van der Waals surface area contributed by atoms with Crippen molar-refractivity contribution in [3.63, 3.8) is 0 Å². The lowest BCUT2D eigenvalue weighted by Gasteiger charge is -2.33. The van der Waals surface area contributed by atoms with Gasteiger partial charge in [0, 0.05) is 38.3 Å². The number of hydrogen-bond acceptors (Lipinski definition) is 5. The Labute approximate surface area is 177 Å². The summed E-state index contributed by atoms with van der Waals surface area (Å²) in [7, 11) is -6.94. The quantitative estimate of drug-likeness (QED) is 0.674. The van der Waals surface area contributed by atoms with Crippen molar-refractivity contribution in [3.8, 4) is 0 Å². The van der Waals surface area contributed by atoms with Gasteiger partial charge in [-0.3, -0.25) is 4.79 Å². The highest BCUT2D eigenvalue weighted by molar-refractivity contribution is 7.89. The summed E-state index contributed by atoms with van der Waals surface area (Å²) >= 11 is 0. The van der Waals surface area contributed by atoms with E-state index in [-0.39, 0.29) is 30.4 Å². The maximum Gasteiger partial charge on any atom is 0.253 e. The van der Waals surface area contributed by atoms with E-state index in [2.05, 4.69) is 4.72 Å². The summed E-state index contributed by atoms with van der Waals surface area (Å²) in [4.78, 5) is 14.3. The van der Waals surface area contributed by atoms with Crippen molar-refractivity contribution in [3.05, 3.63) is 65.7 Å². The first kappa shape index (κ1) is 22.4. The molecular formula is C20H25N3O5S2. The lowest BCUT2D eigenvalue weighted by atomic mass is 10.2. The standard InChI is InChI=1S/C20H25N3O5S2/c1-29(25,26)23-15-13-22(14-16-23)20(24)18-7-9-19(10-8-18)30(27,28)21-12-11-17-5-3-2-4-6-17/h2-10,21H,11-16H2,1H3. The van der Waals surface area contributed by atoms with Crippen molar-refractivity contribution in [2.75, 3.05) is 39.0 Å². The smallest absolute Gasteiger partial charge is 0.253 e. The normalized spacial score (nSPS) is 15.8. The fourth-order valence-electron chi connectivity index (χ4n) is 3.24. The van der Waals surface area contributed by atoms with Crippen molar-refractivity contribution < 1.29 is 21.6 Å². The first-order valence-corrected chi connectivity index (χ1v) is 12.9. The van der Waals surface area contributed by atoms with Crippen molar-refractivity contribution in [1.82, 2.24) is 13.9 Å². The number of amides is 1. The zero-order valence-electron chi connectivity index (χ0n) is 16.7. The average molecular weight is 452 g/mol. The Morgan fingerprint density at radius 2 is 1.50 bits per heavy atom. The van der Waals surface area contributed by atoms with Crippen LogP contribution in [0.2, 0.25) is 0 Å². The van der Waals surface area contributed by atoms with Gasteiger partial charge in [-0.2, -0.15) is 4.31 Å². The Morgan fingerprint density at radius 1 is 0.900 bits per heavy atom. The number of carbonyl (C=O) groups is 1. The largest absolute Gasteiger partial charge is 0.336 e. The number of rotatable bonds is 7. The molecule has 0 aliphatic carbocycles. The van der Waals surface area contributed by atoms with E-state index in [9.17, 15) is 21.6 Å². The predicted octanol–water partition coefficient (Wildman–Crippen LogP) is 0.925. The fraction of sp³-hybridized carbons (Fsp3) is 0.350. The molecule has 1 amide bonds. The number of piperazine rings is 1. The molecule has 10 heteroatoms. The second kappa shape index (κ2) is 9.25. The van der Waals surface area contributed by atoms with Crippen molar-refractivity contribution in [2.45, 2.75) is 11.3 Å². The van der Waals surface area contributed by atoms with E-state index in [1.54, 1.807) is 4.90 Å². The Kier molecular flexibility index (Phi) is 6.91. The van der Waals surface area contributed by atoms with E-state index >= 15 is 0 Å². The topological polar surface area (TPSA) is 104 Å². The van der Waals surface area contributed by atoms with Crippen LogP contribution >= 0.6 is 0 Å². The Hall–Kier alpha value is -2.27. The van der Waals surface area contributed by atoms with Gasteiger partial charge in [0.15, 0.2) is 0 Å². The Balaban J connectivity index is 1.58. The highest BCUT2D eigenvalue weighted by Crippen LogP contribution is 2.14. The number of benzene rings is 2. The molecule has 0 bridgehead atoms. The molecule has 1 saturated heterocycles. The monoisotopic (exact) mass is 451 g/mol. The maximum absolute atomic E-state index is 12.6. The molecule has 0 aromatic heterocycles. The number of nitrogens with one attached hydrogen (secondary N) is 1. The highest BCUT2D eigenvalue weighted by atomic mass is 32.2.